The summed E-state index contributed by atoms with van der Waals surface area (Å²) in [4.78, 5) is 0. The molecule has 2 N–H and O–H groups in total. The molecule has 1 unspecified atom stereocenters. The van der Waals surface area contributed by atoms with Gasteiger partial charge in [-0.15, -0.1) is 0 Å². The average molecular weight is 161 g/mol. The lowest BCUT2D eigenvalue weighted by atomic mass is 10.2. The molecule has 1 nitrogen and oxygen atoms in total. The second kappa shape index (κ2) is 6.05. The van der Waals surface area contributed by atoms with Gasteiger partial charge in [0.15, 0.2) is 0 Å². The fourth-order valence-electron chi connectivity index (χ4n) is 0.573. The molecule has 0 amide bonds. The summed E-state index contributed by atoms with van der Waals surface area (Å²) >= 11 is 1.97. The summed E-state index contributed by atoms with van der Waals surface area (Å²) < 4.78 is 0. The lowest BCUT2D eigenvalue weighted by molar-refractivity contribution is 0.636. The van der Waals surface area contributed by atoms with E-state index in [9.17, 15) is 0 Å². The minimum atomic E-state index is 0.356. The number of rotatable bonds is 5. The van der Waals surface area contributed by atoms with Crippen LogP contribution < -0.4 is 5.73 Å². The van der Waals surface area contributed by atoms with Gasteiger partial charge in [-0.3, -0.25) is 0 Å². The monoisotopic (exact) mass is 161 g/mol. The molecule has 0 rings (SSSR count). The van der Waals surface area contributed by atoms with E-state index in [1.165, 1.54) is 12.2 Å². The van der Waals surface area contributed by atoms with E-state index < -0.39 is 0 Å². The van der Waals surface area contributed by atoms with Crippen molar-refractivity contribution in [3.8, 4) is 0 Å². The Hall–Kier alpha value is 0.310. The molecule has 0 aliphatic rings. The van der Waals surface area contributed by atoms with E-state index in [0.717, 1.165) is 11.7 Å². The normalized spacial score (nSPS) is 16.8. The highest BCUT2D eigenvalue weighted by Crippen LogP contribution is 2.11. The van der Waals surface area contributed by atoms with E-state index in [-0.39, 0.29) is 0 Å². The van der Waals surface area contributed by atoms with Crippen LogP contribution in [0.1, 0.15) is 27.2 Å². The van der Waals surface area contributed by atoms with Crippen LogP contribution >= 0.6 is 11.8 Å². The van der Waals surface area contributed by atoms with E-state index in [1.807, 2.05) is 11.8 Å². The largest absolute Gasteiger partial charge is 0.327 e. The average Bonchev–Trinajstić information content (AvgIpc) is 1.87. The second-order valence-corrected chi connectivity index (χ2v) is 4.10. The van der Waals surface area contributed by atoms with Crippen LogP contribution in [0.25, 0.3) is 0 Å². The van der Waals surface area contributed by atoms with Gasteiger partial charge in [0.1, 0.15) is 0 Å². The van der Waals surface area contributed by atoms with Gasteiger partial charge in [0, 0.05) is 11.8 Å². The third-order valence-corrected chi connectivity index (χ3v) is 3.05. The number of hydrogen-bond donors (Lipinski definition) is 1. The molecule has 62 valence electrons. The summed E-state index contributed by atoms with van der Waals surface area (Å²) in [6, 6.07) is 0.356. The minimum absolute atomic E-state index is 0.356. The molecular weight excluding hydrogens is 142 g/mol. The van der Waals surface area contributed by atoms with Crippen molar-refractivity contribution in [2.75, 3.05) is 11.5 Å². The van der Waals surface area contributed by atoms with Crippen LogP contribution in [0, 0.1) is 5.92 Å². The molecule has 2 heteroatoms. The Balaban J connectivity index is 3.03. The molecular formula is C8H19NS. The predicted octanol–water partition coefficient (Wildman–Crippen LogP) is 2.11. The van der Waals surface area contributed by atoms with Crippen molar-refractivity contribution in [1.29, 1.82) is 0 Å². The Bertz CT molecular complexity index is 73.7. The van der Waals surface area contributed by atoms with Crippen molar-refractivity contribution < 1.29 is 0 Å². The Morgan fingerprint density at radius 2 is 1.90 bits per heavy atom. The van der Waals surface area contributed by atoms with Crippen LogP contribution in [0.15, 0.2) is 0 Å². The first kappa shape index (κ1) is 10.3. The van der Waals surface area contributed by atoms with Crippen molar-refractivity contribution in [2.45, 2.75) is 33.2 Å². The second-order valence-electron chi connectivity index (χ2n) is 3.03. The molecule has 0 aliphatic carbocycles. The number of thioether (sulfide) groups is 1. The first-order valence-electron chi connectivity index (χ1n) is 4.00. The van der Waals surface area contributed by atoms with Crippen molar-refractivity contribution in [3.63, 3.8) is 0 Å². The molecule has 0 saturated heterocycles. The van der Waals surface area contributed by atoms with E-state index >= 15 is 0 Å². The molecule has 0 aromatic heterocycles. The maximum atomic E-state index is 5.60. The molecule has 0 fully saturated rings. The molecule has 0 aromatic rings. The quantitative estimate of drug-likeness (QED) is 0.668. The highest BCUT2D eigenvalue weighted by atomic mass is 32.2. The van der Waals surface area contributed by atoms with Gasteiger partial charge in [0.05, 0.1) is 0 Å². The van der Waals surface area contributed by atoms with Gasteiger partial charge in [0.2, 0.25) is 0 Å². The van der Waals surface area contributed by atoms with Crippen LogP contribution in [0.5, 0.6) is 0 Å². The summed E-state index contributed by atoms with van der Waals surface area (Å²) in [5, 5.41) is 0. The van der Waals surface area contributed by atoms with Crippen LogP contribution in [0.4, 0.5) is 0 Å². The summed E-state index contributed by atoms with van der Waals surface area (Å²) in [6.07, 6.45) is 1.28. The third-order valence-electron chi connectivity index (χ3n) is 1.48. The SMILES string of the molecule is CCC(C)CSC[C@H](C)N. The molecule has 0 aliphatic heterocycles. The molecule has 0 heterocycles. The van der Waals surface area contributed by atoms with Gasteiger partial charge in [-0.25, -0.2) is 0 Å². The Morgan fingerprint density at radius 1 is 1.30 bits per heavy atom. The Morgan fingerprint density at radius 3 is 2.30 bits per heavy atom. The highest BCUT2D eigenvalue weighted by Gasteiger charge is 1.99. The fourth-order valence-corrected chi connectivity index (χ4v) is 1.72. The van der Waals surface area contributed by atoms with Crippen molar-refractivity contribution >= 4 is 11.8 Å². The zero-order chi connectivity index (χ0) is 7.98. The topological polar surface area (TPSA) is 26.0 Å². The summed E-state index contributed by atoms with van der Waals surface area (Å²) in [6.45, 7) is 6.58. The zero-order valence-corrected chi connectivity index (χ0v) is 8.08. The van der Waals surface area contributed by atoms with Gasteiger partial charge in [-0.1, -0.05) is 20.3 Å². The first-order valence-corrected chi connectivity index (χ1v) is 5.15. The van der Waals surface area contributed by atoms with E-state index in [2.05, 4.69) is 20.8 Å². The fraction of sp³-hybridized carbons (Fsp3) is 1.00. The molecule has 0 bridgehead atoms. The van der Waals surface area contributed by atoms with Crippen LogP contribution in [0.3, 0.4) is 0 Å². The van der Waals surface area contributed by atoms with E-state index in [0.29, 0.717) is 6.04 Å². The third kappa shape index (κ3) is 6.43. The number of nitrogens with two attached hydrogens (primary N) is 1. The van der Waals surface area contributed by atoms with Crippen LogP contribution in [0.2, 0.25) is 0 Å². The van der Waals surface area contributed by atoms with Gasteiger partial charge in [-0.2, -0.15) is 11.8 Å². The number of hydrogen-bond acceptors (Lipinski definition) is 2. The first-order chi connectivity index (χ1) is 4.66. The van der Waals surface area contributed by atoms with Crippen molar-refractivity contribution in [2.24, 2.45) is 11.7 Å². The smallest absolute Gasteiger partial charge is 0.0101 e. The lowest BCUT2D eigenvalue weighted by Crippen LogP contribution is -2.18. The Labute approximate surface area is 68.8 Å². The van der Waals surface area contributed by atoms with Gasteiger partial charge in [-0.05, 0) is 18.6 Å². The molecule has 10 heavy (non-hydrogen) atoms. The standard InChI is InChI=1S/C8H19NS/c1-4-7(2)5-10-6-8(3)9/h7-8H,4-6,9H2,1-3H3/t7?,8-/m0/s1. The van der Waals surface area contributed by atoms with Gasteiger partial charge < -0.3 is 5.73 Å². The Kier molecular flexibility index (Phi) is 6.24. The van der Waals surface area contributed by atoms with E-state index in [1.54, 1.807) is 0 Å². The molecule has 0 spiro atoms. The maximum absolute atomic E-state index is 5.60. The van der Waals surface area contributed by atoms with Gasteiger partial charge in [0.25, 0.3) is 0 Å². The zero-order valence-electron chi connectivity index (χ0n) is 7.26. The molecule has 2 atom stereocenters. The highest BCUT2D eigenvalue weighted by molar-refractivity contribution is 7.99. The van der Waals surface area contributed by atoms with E-state index in [4.69, 9.17) is 5.73 Å². The van der Waals surface area contributed by atoms with Crippen LogP contribution in [-0.2, 0) is 0 Å². The molecule has 0 saturated carbocycles. The minimum Gasteiger partial charge on any atom is -0.327 e. The van der Waals surface area contributed by atoms with Crippen molar-refractivity contribution in [3.05, 3.63) is 0 Å². The van der Waals surface area contributed by atoms with Crippen LogP contribution in [-0.4, -0.2) is 17.5 Å². The molecule has 0 radical (unpaired) electrons. The predicted molar refractivity (Wildman–Crippen MR) is 50.4 cm³/mol. The summed E-state index contributed by atoms with van der Waals surface area (Å²) in [7, 11) is 0. The maximum Gasteiger partial charge on any atom is 0.0101 e. The molecule has 0 aromatic carbocycles. The lowest BCUT2D eigenvalue weighted by Gasteiger charge is -2.08. The summed E-state index contributed by atoms with van der Waals surface area (Å²) in [5.74, 6) is 3.21. The van der Waals surface area contributed by atoms with Crippen molar-refractivity contribution in [1.82, 2.24) is 0 Å². The van der Waals surface area contributed by atoms with Gasteiger partial charge >= 0.3 is 0 Å². The summed E-state index contributed by atoms with van der Waals surface area (Å²) in [5.41, 5.74) is 5.60.